The summed E-state index contributed by atoms with van der Waals surface area (Å²) in [5.74, 6) is -0.438. The number of H-pyrrole nitrogens is 1. The number of hydrogen-bond donors (Lipinski definition) is 2. The van der Waals surface area contributed by atoms with Gasteiger partial charge in [-0.05, 0) is 30.4 Å². The van der Waals surface area contributed by atoms with Crippen LogP contribution in [0, 0.1) is 5.92 Å². The summed E-state index contributed by atoms with van der Waals surface area (Å²) in [7, 11) is 0. The van der Waals surface area contributed by atoms with Crippen LogP contribution in [0.5, 0.6) is 0 Å². The van der Waals surface area contributed by atoms with Gasteiger partial charge in [-0.25, -0.2) is 4.79 Å². The molecule has 0 unspecified atom stereocenters. The number of para-hydroxylation sites is 1. The lowest BCUT2D eigenvalue weighted by Crippen LogP contribution is -2.11. The topological polar surface area (TPSA) is 70.9 Å². The van der Waals surface area contributed by atoms with Crippen molar-refractivity contribution in [2.45, 2.75) is 33.2 Å². The van der Waals surface area contributed by atoms with Crippen molar-refractivity contribution in [3.63, 3.8) is 0 Å². The molecule has 1 aliphatic carbocycles. The highest BCUT2D eigenvalue weighted by Gasteiger charge is 2.30. The van der Waals surface area contributed by atoms with Crippen molar-refractivity contribution in [2.24, 2.45) is 5.92 Å². The first-order chi connectivity index (χ1) is 11.1. The van der Waals surface area contributed by atoms with E-state index < -0.39 is 5.97 Å². The monoisotopic (exact) mass is 309 g/mol. The van der Waals surface area contributed by atoms with Crippen molar-refractivity contribution in [3.05, 3.63) is 41.1 Å². The Labute approximate surface area is 133 Å². The largest absolute Gasteiger partial charge is 0.477 e. The van der Waals surface area contributed by atoms with E-state index in [0.29, 0.717) is 5.92 Å². The Balaban J connectivity index is 2.04. The summed E-state index contributed by atoms with van der Waals surface area (Å²) in [6, 6.07) is 8.41. The van der Waals surface area contributed by atoms with Crippen LogP contribution in [0.4, 0.5) is 0 Å². The SMILES string of the molecule is CC(C)Cn1c2c(c3ccccc31)CCc1c-2n[nH]c1C(=O)O. The number of aromatic carboxylic acids is 1. The molecule has 0 spiro atoms. The minimum absolute atomic E-state index is 0.229. The number of carboxylic acid groups (broad SMARTS) is 1. The number of aromatic amines is 1. The predicted molar refractivity (Wildman–Crippen MR) is 88.7 cm³/mol. The van der Waals surface area contributed by atoms with Crippen molar-refractivity contribution in [1.82, 2.24) is 14.8 Å². The Morgan fingerprint density at radius 3 is 2.78 bits per heavy atom. The quantitative estimate of drug-likeness (QED) is 0.778. The van der Waals surface area contributed by atoms with Crippen LogP contribution in [0.15, 0.2) is 24.3 Å². The molecule has 2 heterocycles. The molecule has 118 valence electrons. The maximum Gasteiger partial charge on any atom is 0.354 e. The smallest absolute Gasteiger partial charge is 0.354 e. The van der Waals surface area contributed by atoms with Gasteiger partial charge in [0.25, 0.3) is 0 Å². The Kier molecular flexibility index (Phi) is 3.04. The van der Waals surface area contributed by atoms with Gasteiger partial charge >= 0.3 is 5.97 Å². The van der Waals surface area contributed by atoms with Crippen LogP contribution in [0.25, 0.3) is 22.3 Å². The molecule has 0 saturated carbocycles. The van der Waals surface area contributed by atoms with E-state index in [2.05, 4.69) is 52.9 Å². The maximum absolute atomic E-state index is 11.4. The molecule has 2 N–H and O–H groups in total. The Bertz CT molecular complexity index is 918. The number of fused-ring (bicyclic) bond motifs is 5. The highest BCUT2D eigenvalue weighted by Crippen LogP contribution is 2.40. The van der Waals surface area contributed by atoms with Crippen LogP contribution in [-0.2, 0) is 19.4 Å². The highest BCUT2D eigenvalue weighted by atomic mass is 16.4. The first-order valence-corrected chi connectivity index (χ1v) is 7.99. The summed E-state index contributed by atoms with van der Waals surface area (Å²) >= 11 is 0. The summed E-state index contributed by atoms with van der Waals surface area (Å²) in [4.78, 5) is 11.4. The first kappa shape index (κ1) is 14.1. The lowest BCUT2D eigenvalue weighted by atomic mass is 9.92. The molecule has 4 rings (SSSR count). The van der Waals surface area contributed by atoms with E-state index in [0.717, 1.165) is 36.3 Å². The number of nitrogens with zero attached hydrogens (tertiary/aromatic N) is 2. The van der Waals surface area contributed by atoms with Crippen molar-refractivity contribution >= 4 is 16.9 Å². The standard InChI is InChI=1S/C18H19N3O2/c1-10(2)9-21-14-6-4-3-5-11(14)12-7-8-13-15(17(12)21)19-20-16(13)18(22)23/h3-6,10H,7-9H2,1-2H3,(H,19,20)(H,22,23). The van der Waals surface area contributed by atoms with Gasteiger partial charge in [0, 0.05) is 23.0 Å². The number of aryl methyl sites for hydroxylation is 1. The van der Waals surface area contributed by atoms with Gasteiger partial charge in [-0.2, -0.15) is 5.10 Å². The van der Waals surface area contributed by atoms with E-state index in [1.165, 1.54) is 16.5 Å². The Morgan fingerprint density at radius 2 is 2.04 bits per heavy atom. The van der Waals surface area contributed by atoms with Gasteiger partial charge in [0.2, 0.25) is 0 Å². The number of aromatic nitrogens is 3. The van der Waals surface area contributed by atoms with Gasteiger partial charge in [0.05, 0.1) is 5.69 Å². The zero-order chi connectivity index (χ0) is 16.1. The summed E-state index contributed by atoms with van der Waals surface area (Å²) < 4.78 is 2.31. The average Bonchev–Trinajstić information content (AvgIpc) is 3.07. The molecule has 0 saturated heterocycles. The second-order valence-corrected chi connectivity index (χ2v) is 6.58. The van der Waals surface area contributed by atoms with Gasteiger partial charge < -0.3 is 9.67 Å². The second kappa shape index (κ2) is 4.98. The third kappa shape index (κ3) is 2.00. The zero-order valence-electron chi connectivity index (χ0n) is 13.3. The third-order valence-electron chi connectivity index (χ3n) is 4.55. The Hall–Kier alpha value is -2.56. The van der Waals surface area contributed by atoms with Gasteiger partial charge in [-0.3, -0.25) is 5.10 Å². The van der Waals surface area contributed by atoms with E-state index in [1.807, 2.05) is 0 Å². The molecule has 3 aromatic rings. The molecule has 0 aliphatic heterocycles. The summed E-state index contributed by atoms with van der Waals surface area (Å²) in [5.41, 5.74) is 5.45. The molecule has 23 heavy (non-hydrogen) atoms. The molecule has 5 heteroatoms. The predicted octanol–water partition coefficient (Wildman–Crippen LogP) is 3.48. The summed E-state index contributed by atoms with van der Waals surface area (Å²) in [5, 5.41) is 17.7. The normalized spacial score (nSPS) is 13.3. The highest BCUT2D eigenvalue weighted by molar-refractivity contribution is 5.95. The number of rotatable bonds is 3. The molecule has 0 radical (unpaired) electrons. The van der Waals surface area contributed by atoms with Gasteiger partial charge in [0.1, 0.15) is 11.4 Å². The zero-order valence-corrected chi connectivity index (χ0v) is 13.3. The molecule has 0 atom stereocenters. The fourth-order valence-electron chi connectivity index (χ4n) is 3.69. The number of benzene rings is 1. The minimum Gasteiger partial charge on any atom is -0.477 e. The van der Waals surface area contributed by atoms with Crippen molar-refractivity contribution in [1.29, 1.82) is 0 Å². The molecule has 1 aliphatic rings. The second-order valence-electron chi connectivity index (χ2n) is 6.58. The molecule has 5 nitrogen and oxygen atoms in total. The van der Waals surface area contributed by atoms with Gasteiger partial charge in [0.15, 0.2) is 0 Å². The van der Waals surface area contributed by atoms with Crippen LogP contribution >= 0.6 is 0 Å². The average molecular weight is 309 g/mol. The lowest BCUT2D eigenvalue weighted by Gasteiger charge is -2.17. The fraction of sp³-hybridized carbons (Fsp3) is 0.333. The number of carbonyl (C=O) groups is 1. The van der Waals surface area contributed by atoms with E-state index in [-0.39, 0.29) is 5.69 Å². The van der Waals surface area contributed by atoms with Crippen LogP contribution in [0.2, 0.25) is 0 Å². The van der Waals surface area contributed by atoms with Gasteiger partial charge in [-0.1, -0.05) is 32.0 Å². The fourth-order valence-corrected chi connectivity index (χ4v) is 3.69. The molecule has 2 aromatic heterocycles. The molecule has 1 aromatic carbocycles. The summed E-state index contributed by atoms with van der Waals surface area (Å²) in [6.45, 7) is 5.28. The minimum atomic E-state index is -0.936. The van der Waals surface area contributed by atoms with E-state index in [9.17, 15) is 9.90 Å². The maximum atomic E-state index is 11.4. The number of carboxylic acids is 1. The van der Waals surface area contributed by atoms with E-state index >= 15 is 0 Å². The summed E-state index contributed by atoms with van der Waals surface area (Å²) in [6.07, 6.45) is 1.57. The van der Waals surface area contributed by atoms with Crippen LogP contribution in [-0.4, -0.2) is 25.8 Å². The third-order valence-corrected chi connectivity index (χ3v) is 4.55. The van der Waals surface area contributed by atoms with Crippen molar-refractivity contribution < 1.29 is 9.90 Å². The van der Waals surface area contributed by atoms with Crippen LogP contribution < -0.4 is 0 Å². The van der Waals surface area contributed by atoms with E-state index in [1.54, 1.807) is 0 Å². The van der Waals surface area contributed by atoms with Gasteiger partial charge in [-0.15, -0.1) is 0 Å². The first-order valence-electron chi connectivity index (χ1n) is 7.99. The van der Waals surface area contributed by atoms with Crippen molar-refractivity contribution in [3.8, 4) is 11.4 Å². The molecular weight excluding hydrogens is 290 g/mol. The Morgan fingerprint density at radius 1 is 1.30 bits per heavy atom. The molecular formula is C18H19N3O2. The molecule has 0 bridgehead atoms. The lowest BCUT2D eigenvalue weighted by molar-refractivity contribution is 0.0689. The number of nitrogens with one attached hydrogen (secondary N) is 1. The van der Waals surface area contributed by atoms with Crippen LogP contribution in [0.1, 0.15) is 35.5 Å². The van der Waals surface area contributed by atoms with Crippen molar-refractivity contribution in [2.75, 3.05) is 0 Å². The van der Waals surface area contributed by atoms with Crippen LogP contribution in [0.3, 0.4) is 0 Å². The molecule has 0 fully saturated rings. The van der Waals surface area contributed by atoms with E-state index in [4.69, 9.17) is 0 Å². The molecule has 0 amide bonds. The number of hydrogen-bond acceptors (Lipinski definition) is 2.